The predicted molar refractivity (Wildman–Crippen MR) is 93.4 cm³/mol. The van der Waals surface area contributed by atoms with E-state index < -0.39 is 17.7 Å². The summed E-state index contributed by atoms with van der Waals surface area (Å²) in [6.07, 6.45) is 0.855. The minimum atomic E-state index is -4.39. The number of rotatable bonds is 3. The van der Waals surface area contributed by atoms with Gasteiger partial charge in [-0.2, -0.15) is 13.2 Å². The van der Waals surface area contributed by atoms with Gasteiger partial charge in [0, 0.05) is 11.7 Å². The van der Waals surface area contributed by atoms with E-state index in [0.717, 1.165) is 49.9 Å². The van der Waals surface area contributed by atoms with Crippen molar-refractivity contribution in [1.82, 2.24) is 4.57 Å². The van der Waals surface area contributed by atoms with Crippen molar-refractivity contribution in [2.75, 3.05) is 0 Å². The number of carbonyl (C=O) groups is 1. The first-order valence-electron chi connectivity index (χ1n) is 8.84. The molecule has 1 aliphatic carbocycles. The molecule has 0 atom stereocenters. The quantitative estimate of drug-likeness (QED) is 0.725. The maximum Gasteiger partial charge on any atom is 0.416 e. The van der Waals surface area contributed by atoms with Crippen LogP contribution >= 0.6 is 0 Å². The van der Waals surface area contributed by atoms with Crippen molar-refractivity contribution in [2.45, 2.75) is 58.2 Å². The molecule has 26 heavy (non-hydrogen) atoms. The first-order valence-corrected chi connectivity index (χ1v) is 8.84. The first-order chi connectivity index (χ1) is 12.2. The number of nitrogens with zero attached hydrogens (tertiary/aromatic N) is 1. The highest BCUT2D eigenvalue weighted by molar-refractivity contribution is 5.93. The van der Waals surface area contributed by atoms with Gasteiger partial charge in [0.2, 0.25) is 0 Å². The van der Waals surface area contributed by atoms with Crippen LogP contribution in [0.4, 0.5) is 13.2 Å². The van der Waals surface area contributed by atoms with Crippen molar-refractivity contribution in [1.29, 1.82) is 0 Å². The summed E-state index contributed by atoms with van der Waals surface area (Å²) in [5, 5.41) is 9.62. The Morgan fingerprint density at radius 1 is 1.08 bits per heavy atom. The normalized spacial score (nSPS) is 16.0. The number of hydrogen-bond donors (Lipinski definition) is 1. The molecule has 0 radical (unpaired) electrons. The van der Waals surface area contributed by atoms with E-state index in [1.165, 1.54) is 12.1 Å². The van der Waals surface area contributed by atoms with Crippen LogP contribution in [-0.4, -0.2) is 15.6 Å². The summed E-state index contributed by atoms with van der Waals surface area (Å²) >= 11 is 0. The SMILES string of the molecule is Cc1c(C(=O)O)c(C)n(C2CCCCC2)c1-c1ccc(C(F)(F)F)cc1. The van der Waals surface area contributed by atoms with E-state index in [2.05, 4.69) is 0 Å². The number of carboxylic acids is 1. The number of aromatic carboxylic acids is 1. The molecule has 140 valence electrons. The van der Waals surface area contributed by atoms with Gasteiger partial charge in [0.1, 0.15) is 0 Å². The molecule has 3 rings (SSSR count). The maximum absolute atomic E-state index is 12.9. The number of aromatic nitrogens is 1. The van der Waals surface area contributed by atoms with Gasteiger partial charge in [0.25, 0.3) is 0 Å². The summed E-state index contributed by atoms with van der Waals surface area (Å²) in [6.45, 7) is 3.53. The molecule has 1 saturated carbocycles. The van der Waals surface area contributed by atoms with Crippen molar-refractivity contribution in [3.8, 4) is 11.3 Å². The van der Waals surface area contributed by atoms with Gasteiger partial charge in [-0.1, -0.05) is 31.4 Å². The molecular weight excluding hydrogens is 343 g/mol. The van der Waals surface area contributed by atoms with E-state index in [-0.39, 0.29) is 11.6 Å². The van der Waals surface area contributed by atoms with Crippen molar-refractivity contribution < 1.29 is 23.1 Å². The Morgan fingerprint density at radius 3 is 2.15 bits per heavy atom. The summed E-state index contributed by atoms with van der Waals surface area (Å²) in [5.41, 5.74) is 2.18. The third-order valence-corrected chi connectivity index (χ3v) is 5.33. The Hall–Kier alpha value is -2.24. The van der Waals surface area contributed by atoms with Crippen molar-refractivity contribution in [3.05, 3.63) is 46.6 Å². The van der Waals surface area contributed by atoms with Gasteiger partial charge in [-0.3, -0.25) is 0 Å². The topological polar surface area (TPSA) is 42.2 Å². The van der Waals surface area contributed by atoms with Gasteiger partial charge in [-0.05, 0) is 49.9 Å². The van der Waals surface area contributed by atoms with Crippen LogP contribution in [0, 0.1) is 13.8 Å². The van der Waals surface area contributed by atoms with Crippen molar-refractivity contribution >= 4 is 5.97 Å². The number of benzene rings is 1. The molecule has 1 N–H and O–H groups in total. The largest absolute Gasteiger partial charge is 0.478 e. The van der Waals surface area contributed by atoms with Gasteiger partial charge < -0.3 is 9.67 Å². The first kappa shape index (κ1) is 18.5. The van der Waals surface area contributed by atoms with Gasteiger partial charge in [-0.15, -0.1) is 0 Å². The summed E-state index contributed by atoms with van der Waals surface area (Å²) in [6, 6.07) is 5.18. The van der Waals surface area contributed by atoms with E-state index in [0.29, 0.717) is 16.8 Å². The second kappa shape index (κ2) is 6.82. The highest BCUT2D eigenvalue weighted by Crippen LogP contribution is 2.39. The average molecular weight is 365 g/mol. The summed E-state index contributed by atoms with van der Waals surface area (Å²) in [7, 11) is 0. The van der Waals surface area contributed by atoms with E-state index >= 15 is 0 Å². The molecule has 1 heterocycles. The highest BCUT2D eigenvalue weighted by Gasteiger charge is 2.31. The molecule has 6 heteroatoms. The Balaban J connectivity index is 2.16. The van der Waals surface area contributed by atoms with Gasteiger partial charge in [0.15, 0.2) is 0 Å². The zero-order valence-electron chi connectivity index (χ0n) is 14.9. The van der Waals surface area contributed by atoms with Crippen LogP contribution in [0.5, 0.6) is 0 Å². The monoisotopic (exact) mass is 365 g/mol. The third kappa shape index (κ3) is 3.24. The summed E-state index contributed by atoms with van der Waals surface area (Å²) < 4.78 is 40.6. The molecule has 0 bridgehead atoms. The average Bonchev–Trinajstić information content (AvgIpc) is 2.85. The van der Waals surface area contributed by atoms with Crippen LogP contribution in [0.2, 0.25) is 0 Å². The molecular formula is C20H22F3NO2. The van der Waals surface area contributed by atoms with Crippen LogP contribution in [0.15, 0.2) is 24.3 Å². The Labute approximate surface area is 150 Å². The van der Waals surface area contributed by atoms with Crippen LogP contribution in [-0.2, 0) is 6.18 Å². The Morgan fingerprint density at radius 2 is 1.65 bits per heavy atom. The maximum atomic E-state index is 12.9. The van der Waals surface area contributed by atoms with Crippen LogP contribution in [0.25, 0.3) is 11.3 Å². The lowest BCUT2D eigenvalue weighted by Crippen LogP contribution is -2.16. The minimum Gasteiger partial charge on any atom is -0.478 e. The molecule has 0 saturated heterocycles. The van der Waals surface area contributed by atoms with Gasteiger partial charge in [-0.25, -0.2) is 4.79 Å². The Kier molecular flexibility index (Phi) is 4.86. The summed E-state index contributed by atoms with van der Waals surface area (Å²) in [4.78, 5) is 11.7. The molecule has 2 aromatic rings. The standard InChI is InChI=1S/C20H22F3NO2/c1-12-17(19(25)26)13(2)24(16-6-4-3-5-7-16)18(12)14-8-10-15(11-9-14)20(21,22)23/h8-11,16H,3-7H2,1-2H3,(H,25,26). The molecule has 3 nitrogen and oxygen atoms in total. The fraction of sp³-hybridized carbons (Fsp3) is 0.450. The second-order valence-corrected chi connectivity index (χ2v) is 6.98. The number of alkyl halides is 3. The smallest absolute Gasteiger partial charge is 0.416 e. The fourth-order valence-corrected chi connectivity index (χ4v) is 4.14. The Bertz CT molecular complexity index is 813. The van der Waals surface area contributed by atoms with Crippen LogP contribution < -0.4 is 0 Å². The van der Waals surface area contributed by atoms with E-state index in [4.69, 9.17) is 0 Å². The fourth-order valence-electron chi connectivity index (χ4n) is 4.14. The predicted octanol–water partition coefficient (Wildman–Crippen LogP) is 5.99. The van der Waals surface area contributed by atoms with Crippen molar-refractivity contribution in [2.24, 2.45) is 0 Å². The molecule has 1 fully saturated rings. The molecule has 0 amide bonds. The van der Waals surface area contributed by atoms with E-state index in [9.17, 15) is 23.1 Å². The third-order valence-electron chi connectivity index (χ3n) is 5.33. The lowest BCUT2D eigenvalue weighted by atomic mass is 9.94. The summed E-state index contributed by atoms with van der Waals surface area (Å²) in [5.74, 6) is -0.997. The van der Waals surface area contributed by atoms with Crippen LogP contribution in [0.3, 0.4) is 0 Å². The van der Waals surface area contributed by atoms with E-state index in [1.54, 1.807) is 13.8 Å². The molecule has 1 aromatic heterocycles. The van der Waals surface area contributed by atoms with Crippen molar-refractivity contribution in [3.63, 3.8) is 0 Å². The number of halogens is 3. The molecule has 1 aromatic carbocycles. The highest BCUT2D eigenvalue weighted by atomic mass is 19.4. The van der Waals surface area contributed by atoms with Crippen LogP contribution in [0.1, 0.15) is 65.3 Å². The zero-order valence-corrected chi connectivity index (χ0v) is 14.9. The lowest BCUT2D eigenvalue weighted by molar-refractivity contribution is -0.137. The zero-order chi connectivity index (χ0) is 19.1. The van der Waals surface area contributed by atoms with Gasteiger partial charge >= 0.3 is 12.1 Å². The number of carboxylic acid groups (broad SMARTS) is 1. The molecule has 1 aliphatic rings. The number of hydrogen-bond acceptors (Lipinski definition) is 1. The minimum absolute atomic E-state index is 0.188. The van der Waals surface area contributed by atoms with E-state index in [1.807, 2.05) is 4.57 Å². The van der Waals surface area contributed by atoms with Gasteiger partial charge in [0.05, 0.1) is 16.8 Å². The molecule has 0 unspecified atom stereocenters. The lowest BCUT2D eigenvalue weighted by Gasteiger charge is -2.27. The molecule has 0 aliphatic heterocycles. The second-order valence-electron chi connectivity index (χ2n) is 6.98. The molecule has 0 spiro atoms.